The van der Waals surface area contributed by atoms with Crippen molar-refractivity contribution >= 4 is 28.4 Å². The highest BCUT2D eigenvalue weighted by Crippen LogP contribution is 2.32. The highest BCUT2D eigenvalue weighted by molar-refractivity contribution is 5.95. The summed E-state index contributed by atoms with van der Waals surface area (Å²) >= 11 is 0. The molecule has 0 spiro atoms. The molecule has 1 atom stereocenters. The molecule has 150 valence electrons. The molecule has 1 aromatic heterocycles. The van der Waals surface area contributed by atoms with E-state index in [2.05, 4.69) is 15.6 Å². The van der Waals surface area contributed by atoms with E-state index in [1.807, 2.05) is 49.4 Å². The Kier molecular flexibility index (Phi) is 6.57. The van der Waals surface area contributed by atoms with Gasteiger partial charge in [0.05, 0.1) is 10.4 Å². The zero-order chi connectivity index (χ0) is 20.6. The van der Waals surface area contributed by atoms with E-state index in [0.29, 0.717) is 29.6 Å². The van der Waals surface area contributed by atoms with Gasteiger partial charge in [0.2, 0.25) is 0 Å². The van der Waals surface area contributed by atoms with Crippen LogP contribution in [0.2, 0.25) is 0 Å². The van der Waals surface area contributed by atoms with Crippen molar-refractivity contribution in [3.8, 4) is 0 Å². The number of hydrogen-bond donors (Lipinski definition) is 2. The second kappa shape index (κ2) is 9.50. The highest BCUT2D eigenvalue weighted by Gasteiger charge is 2.19. The number of benzene rings is 2. The third kappa shape index (κ3) is 5.41. The summed E-state index contributed by atoms with van der Waals surface area (Å²) < 4.78 is 5.17. The number of anilines is 1. The van der Waals surface area contributed by atoms with Crippen LogP contribution < -0.4 is 10.6 Å². The van der Waals surface area contributed by atoms with Crippen LogP contribution in [0.15, 0.2) is 60.8 Å². The van der Waals surface area contributed by atoms with E-state index in [0.717, 1.165) is 5.56 Å². The number of rotatable bonds is 8. The SMILES string of the molecule is C[C@H](CCNC(=O)OCc1ccccc1)Nc1c([N+](=O)[O-])cnc2ccccc12. The number of hydrogen-bond acceptors (Lipinski definition) is 6. The van der Waals surface area contributed by atoms with E-state index < -0.39 is 11.0 Å². The Balaban J connectivity index is 1.54. The van der Waals surface area contributed by atoms with Crippen molar-refractivity contribution in [2.75, 3.05) is 11.9 Å². The van der Waals surface area contributed by atoms with Crippen LogP contribution in [-0.4, -0.2) is 28.6 Å². The predicted octanol–water partition coefficient (Wildman–Crippen LogP) is 4.26. The summed E-state index contributed by atoms with van der Waals surface area (Å²) in [6.45, 7) is 2.48. The van der Waals surface area contributed by atoms with Gasteiger partial charge in [0, 0.05) is 18.0 Å². The Morgan fingerprint density at radius 2 is 1.90 bits per heavy atom. The van der Waals surface area contributed by atoms with Gasteiger partial charge >= 0.3 is 11.8 Å². The topological polar surface area (TPSA) is 106 Å². The Labute approximate surface area is 168 Å². The summed E-state index contributed by atoms with van der Waals surface area (Å²) in [5.74, 6) is 0. The number of carbonyl (C=O) groups is 1. The van der Waals surface area contributed by atoms with Crippen molar-refractivity contribution in [2.24, 2.45) is 0 Å². The average molecular weight is 394 g/mol. The number of alkyl carbamates (subject to hydrolysis) is 1. The summed E-state index contributed by atoms with van der Waals surface area (Å²) in [6, 6.07) is 16.5. The maximum atomic E-state index is 11.8. The standard InChI is InChI=1S/C21H22N4O4/c1-15(11-12-22-21(26)29-14-16-7-3-2-4-8-16)24-20-17-9-5-6-10-18(17)23-13-19(20)25(27)28/h2-10,13,15H,11-12,14H2,1H3,(H,22,26)(H,23,24)/t15-/m1/s1. The lowest BCUT2D eigenvalue weighted by molar-refractivity contribution is -0.384. The Hall–Kier alpha value is -3.68. The van der Waals surface area contributed by atoms with Crippen LogP contribution in [0.3, 0.4) is 0 Å². The van der Waals surface area contributed by atoms with Gasteiger partial charge in [0.15, 0.2) is 0 Å². The number of carbonyl (C=O) groups excluding carboxylic acids is 1. The van der Waals surface area contributed by atoms with E-state index >= 15 is 0 Å². The van der Waals surface area contributed by atoms with Crippen LogP contribution in [0.4, 0.5) is 16.2 Å². The number of ether oxygens (including phenoxy) is 1. The molecular formula is C21H22N4O4. The molecule has 8 nitrogen and oxygen atoms in total. The van der Waals surface area contributed by atoms with Gasteiger partial charge in [0.1, 0.15) is 18.5 Å². The van der Waals surface area contributed by atoms with Crippen molar-refractivity contribution in [1.82, 2.24) is 10.3 Å². The number of nitrogens with one attached hydrogen (secondary N) is 2. The number of nitrogens with zero attached hydrogens (tertiary/aromatic N) is 2. The third-order valence-electron chi connectivity index (χ3n) is 4.40. The van der Waals surface area contributed by atoms with Gasteiger partial charge in [-0.25, -0.2) is 9.78 Å². The van der Waals surface area contributed by atoms with Gasteiger partial charge in [-0.15, -0.1) is 0 Å². The van der Waals surface area contributed by atoms with Gasteiger partial charge in [-0.05, 0) is 25.0 Å². The Bertz CT molecular complexity index is 994. The molecule has 0 aliphatic heterocycles. The summed E-state index contributed by atoms with van der Waals surface area (Å²) in [7, 11) is 0. The molecule has 1 heterocycles. The summed E-state index contributed by atoms with van der Waals surface area (Å²) in [4.78, 5) is 26.9. The molecule has 2 N–H and O–H groups in total. The fourth-order valence-electron chi connectivity index (χ4n) is 2.90. The number of pyridine rings is 1. The van der Waals surface area contributed by atoms with Gasteiger partial charge in [0.25, 0.3) is 0 Å². The molecule has 3 aromatic rings. The molecule has 0 saturated carbocycles. The maximum Gasteiger partial charge on any atom is 0.407 e. The first kappa shape index (κ1) is 20.1. The average Bonchev–Trinajstić information content (AvgIpc) is 2.73. The quantitative estimate of drug-likeness (QED) is 0.437. The van der Waals surface area contributed by atoms with Gasteiger partial charge in [-0.2, -0.15) is 0 Å². The van der Waals surface area contributed by atoms with Crippen LogP contribution in [0.1, 0.15) is 18.9 Å². The maximum absolute atomic E-state index is 11.8. The molecule has 0 aliphatic rings. The third-order valence-corrected chi connectivity index (χ3v) is 4.40. The molecule has 2 aromatic carbocycles. The smallest absolute Gasteiger partial charge is 0.407 e. The van der Waals surface area contributed by atoms with Crippen LogP contribution >= 0.6 is 0 Å². The zero-order valence-electron chi connectivity index (χ0n) is 16.0. The summed E-state index contributed by atoms with van der Waals surface area (Å²) in [5, 5.41) is 18.0. The number of amides is 1. The molecular weight excluding hydrogens is 372 g/mol. The molecule has 0 radical (unpaired) electrons. The molecule has 0 aliphatic carbocycles. The van der Waals surface area contributed by atoms with Crippen LogP contribution in [0.25, 0.3) is 10.9 Å². The fraction of sp³-hybridized carbons (Fsp3) is 0.238. The lowest BCUT2D eigenvalue weighted by Gasteiger charge is -2.17. The number of aromatic nitrogens is 1. The van der Waals surface area contributed by atoms with Crippen LogP contribution in [0, 0.1) is 10.1 Å². The van der Waals surface area contributed by atoms with Gasteiger partial charge < -0.3 is 15.4 Å². The first-order valence-corrected chi connectivity index (χ1v) is 9.28. The van der Waals surface area contributed by atoms with E-state index in [9.17, 15) is 14.9 Å². The molecule has 0 bridgehead atoms. The molecule has 8 heteroatoms. The number of para-hydroxylation sites is 1. The van der Waals surface area contributed by atoms with E-state index in [1.165, 1.54) is 6.20 Å². The second-order valence-electron chi connectivity index (χ2n) is 6.62. The molecule has 1 amide bonds. The second-order valence-corrected chi connectivity index (χ2v) is 6.62. The highest BCUT2D eigenvalue weighted by atomic mass is 16.6. The van der Waals surface area contributed by atoms with Crippen molar-refractivity contribution < 1.29 is 14.5 Å². The first-order valence-electron chi connectivity index (χ1n) is 9.28. The summed E-state index contributed by atoms with van der Waals surface area (Å²) in [5.41, 5.74) is 1.94. The van der Waals surface area contributed by atoms with E-state index in [1.54, 1.807) is 12.1 Å². The molecule has 0 saturated heterocycles. The van der Waals surface area contributed by atoms with Crippen molar-refractivity contribution in [3.63, 3.8) is 0 Å². The number of fused-ring (bicyclic) bond motifs is 1. The molecule has 0 unspecified atom stereocenters. The minimum atomic E-state index is -0.499. The van der Waals surface area contributed by atoms with Crippen molar-refractivity contribution in [2.45, 2.75) is 26.0 Å². The first-order chi connectivity index (χ1) is 14.0. The lowest BCUT2D eigenvalue weighted by Crippen LogP contribution is -2.29. The molecule has 0 fully saturated rings. The lowest BCUT2D eigenvalue weighted by atomic mass is 10.1. The van der Waals surface area contributed by atoms with Gasteiger partial charge in [-0.1, -0.05) is 48.5 Å². The van der Waals surface area contributed by atoms with Gasteiger partial charge in [-0.3, -0.25) is 10.1 Å². The molecule has 3 rings (SSSR count). The van der Waals surface area contributed by atoms with Crippen molar-refractivity contribution in [1.29, 1.82) is 0 Å². The Morgan fingerprint density at radius 3 is 2.66 bits per heavy atom. The Morgan fingerprint density at radius 1 is 1.17 bits per heavy atom. The zero-order valence-corrected chi connectivity index (χ0v) is 16.0. The number of nitro groups is 1. The predicted molar refractivity (Wildman–Crippen MR) is 111 cm³/mol. The van der Waals surface area contributed by atoms with Crippen molar-refractivity contribution in [3.05, 3.63) is 76.5 Å². The minimum absolute atomic E-state index is 0.0780. The summed E-state index contributed by atoms with van der Waals surface area (Å²) in [6.07, 6.45) is 1.33. The normalized spacial score (nSPS) is 11.6. The molecule has 29 heavy (non-hydrogen) atoms. The van der Waals surface area contributed by atoms with Crippen LogP contribution in [0.5, 0.6) is 0 Å². The fourth-order valence-corrected chi connectivity index (χ4v) is 2.90. The van der Waals surface area contributed by atoms with Crippen LogP contribution in [-0.2, 0) is 11.3 Å². The minimum Gasteiger partial charge on any atom is -0.445 e. The van der Waals surface area contributed by atoms with E-state index in [4.69, 9.17) is 4.74 Å². The van der Waals surface area contributed by atoms with E-state index in [-0.39, 0.29) is 18.3 Å². The monoisotopic (exact) mass is 394 g/mol. The largest absolute Gasteiger partial charge is 0.445 e.